The summed E-state index contributed by atoms with van der Waals surface area (Å²) in [6, 6.07) is 21.2. The van der Waals surface area contributed by atoms with Gasteiger partial charge in [0.1, 0.15) is 5.82 Å². The van der Waals surface area contributed by atoms with Gasteiger partial charge in [0.05, 0.1) is 6.04 Å². The van der Waals surface area contributed by atoms with E-state index in [1.165, 1.54) is 24.3 Å². The van der Waals surface area contributed by atoms with Crippen molar-refractivity contribution in [3.8, 4) is 0 Å². The van der Waals surface area contributed by atoms with Gasteiger partial charge in [-0.2, -0.15) is 0 Å². The van der Waals surface area contributed by atoms with E-state index in [1.807, 2.05) is 74.4 Å². The van der Waals surface area contributed by atoms with E-state index in [-0.39, 0.29) is 29.6 Å². The maximum absolute atomic E-state index is 13.7. The van der Waals surface area contributed by atoms with Crippen molar-refractivity contribution in [1.82, 2.24) is 4.90 Å². The van der Waals surface area contributed by atoms with Crippen LogP contribution in [0.25, 0.3) is 0 Å². The van der Waals surface area contributed by atoms with Crippen LogP contribution < -0.4 is 10.2 Å². The topological polar surface area (TPSA) is 52.7 Å². The van der Waals surface area contributed by atoms with Crippen LogP contribution in [0.5, 0.6) is 0 Å². The number of rotatable bonds is 8. The van der Waals surface area contributed by atoms with E-state index >= 15 is 0 Å². The molecule has 2 amide bonds. The summed E-state index contributed by atoms with van der Waals surface area (Å²) in [6.07, 6.45) is 4.06. The number of anilines is 2. The molecular formula is C30H34FN3O2. The molecule has 1 aliphatic rings. The Kier molecular flexibility index (Phi) is 8.04. The lowest BCUT2D eigenvalue weighted by molar-refractivity contribution is -0.119. The Morgan fingerprint density at radius 1 is 0.972 bits per heavy atom. The second-order valence-electron chi connectivity index (χ2n) is 9.74. The molecular weight excluding hydrogens is 453 g/mol. The number of carbonyl (C=O) groups is 2. The lowest BCUT2D eigenvalue weighted by atomic mass is 10.0. The van der Waals surface area contributed by atoms with Gasteiger partial charge in [-0.1, -0.05) is 43.2 Å². The first-order chi connectivity index (χ1) is 17.3. The van der Waals surface area contributed by atoms with Crippen molar-refractivity contribution in [2.75, 3.05) is 24.3 Å². The van der Waals surface area contributed by atoms with Crippen LogP contribution in [0.3, 0.4) is 0 Å². The molecule has 0 radical (unpaired) electrons. The van der Waals surface area contributed by atoms with Gasteiger partial charge in [0, 0.05) is 43.5 Å². The summed E-state index contributed by atoms with van der Waals surface area (Å²) in [5.74, 6) is -0.434. The van der Waals surface area contributed by atoms with Crippen molar-refractivity contribution >= 4 is 23.2 Å². The standard InChI is InChI=1S/C30H34FN3O2/c1-21(22-9-5-4-6-10-22)34(30(36)24-13-15-26(31)16-14-24)20-25-19-27(17-18-28(25)33(2)3)32-29(35)23-11-7-8-12-23/h4-6,9-10,13-19,21,23H,7-8,11-12,20H2,1-3H3,(H,32,35)/t21-/m0/s1. The number of hydrogen-bond donors (Lipinski definition) is 1. The van der Waals surface area contributed by atoms with E-state index in [1.54, 1.807) is 4.90 Å². The monoisotopic (exact) mass is 487 g/mol. The highest BCUT2D eigenvalue weighted by Gasteiger charge is 2.26. The van der Waals surface area contributed by atoms with Gasteiger partial charge in [0.25, 0.3) is 5.91 Å². The van der Waals surface area contributed by atoms with Crippen molar-refractivity contribution < 1.29 is 14.0 Å². The maximum Gasteiger partial charge on any atom is 0.254 e. The molecule has 0 unspecified atom stereocenters. The molecule has 188 valence electrons. The highest BCUT2D eigenvalue weighted by molar-refractivity contribution is 5.95. The maximum atomic E-state index is 13.7. The lowest BCUT2D eigenvalue weighted by Crippen LogP contribution is -2.34. The Balaban J connectivity index is 1.68. The van der Waals surface area contributed by atoms with Gasteiger partial charge in [0.15, 0.2) is 0 Å². The Labute approximate surface area is 212 Å². The molecule has 0 aliphatic heterocycles. The summed E-state index contributed by atoms with van der Waals surface area (Å²) in [7, 11) is 3.92. The van der Waals surface area contributed by atoms with Gasteiger partial charge >= 0.3 is 0 Å². The third-order valence-electron chi connectivity index (χ3n) is 7.00. The number of benzene rings is 3. The molecule has 0 aromatic heterocycles. The normalized spacial score (nSPS) is 14.3. The van der Waals surface area contributed by atoms with E-state index in [9.17, 15) is 14.0 Å². The molecule has 0 saturated heterocycles. The summed E-state index contributed by atoms with van der Waals surface area (Å²) in [4.78, 5) is 30.3. The van der Waals surface area contributed by atoms with Gasteiger partial charge in [-0.25, -0.2) is 4.39 Å². The van der Waals surface area contributed by atoms with Gasteiger partial charge in [-0.05, 0) is 73.4 Å². The first kappa shape index (κ1) is 25.4. The molecule has 5 nitrogen and oxygen atoms in total. The van der Waals surface area contributed by atoms with Crippen LogP contribution in [0.2, 0.25) is 0 Å². The number of amides is 2. The Hall–Kier alpha value is -3.67. The molecule has 1 N–H and O–H groups in total. The molecule has 0 spiro atoms. The van der Waals surface area contributed by atoms with Crippen LogP contribution in [-0.2, 0) is 11.3 Å². The Morgan fingerprint density at radius 3 is 2.28 bits per heavy atom. The second-order valence-corrected chi connectivity index (χ2v) is 9.74. The molecule has 36 heavy (non-hydrogen) atoms. The summed E-state index contributed by atoms with van der Waals surface area (Å²) in [5.41, 5.74) is 4.05. The average Bonchev–Trinajstić information content (AvgIpc) is 3.43. The highest BCUT2D eigenvalue weighted by Crippen LogP contribution is 2.31. The SMILES string of the molecule is C[C@@H](c1ccccc1)N(Cc1cc(NC(=O)C2CCCC2)ccc1N(C)C)C(=O)c1ccc(F)cc1. The predicted molar refractivity (Wildman–Crippen MR) is 142 cm³/mol. The van der Waals surface area contributed by atoms with Crippen molar-refractivity contribution in [3.63, 3.8) is 0 Å². The zero-order chi connectivity index (χ0) is 25.7. The van der Waals surface area contributed by atoms with Crippen molar-refractivity contribution in [2.45, 2.75) is 45.2 Å². The summed E-state index contributed by atoms with van der Waals surface area (Å²) in [6.45, 7) is 2.32. The van der Waals surface area contributed by atoms with Crippen LogP contribution in [0, 0.1) is 11.7 Å². The van der Waals surface area contributed by atoms with Crippen LogP contribution in [0.4, 0.5) is 15.8 Å². The minimum Gasteiger partial charge on any atom is -0.377 e. The smallest absolute Gasteiger partial charge is 0.254 e. The van der Waals surface area contributed by atoms with E-state index in [2.05, 4.69) is 5.32 Å². The zero-order valence-corrected chi connectivity index (χ0v) is 21.2. The van der Waals surface area contributed by atoms with E-state index in [4.69, 9.17) is 0 Å². The van der Waals surface area contributed by atoms with E-state index in [0.717, 1.165) is 48.2 Å². The zero-order valence-electron chi connectivity index (χ0n) is 21.2. The van der Waals surface area contributed by atoms with Crippen molar-refractivity contribution in [3.05, 3.63) is 95.3 Å². The molecule has 3 aromatic carbocycles. The van der Waals surface area contributed by atoms with Gasteiger partial charge < -0.3 is 15.1 Å². The molecule has 1 atom stereocenters. The molecule has 1 aliphatic carbocycles. The number of nitrogens with one attached hydrogen (secondary N) is 1. The Bertz CT molecular complexity index is 1190. The summed E-state index contributed by atoms with van der Waals surface area (Å²) >= 11 is 0. The lowest BCUT2D eigenvalue weighted by Gasteiger charge is -2.32. The fourth-order valence-electron chi connectivity index (χ4n) is 4.90. The first-order valence-electron chi connectivity index (χ1n) is 12.6. The Morgan fingerprint density at radius 2 is 1.64 bits per heavy atom. The quantitative estimate of drug-likeness (QED) is 0.399. The highest BCUT2D eigenvalue weighted by atomic mass is 19.1. The van der Waals surface area contributed by atoms with Crippen molar-refractivity contribution in [1.29, 1.82) is 0 Å². The fraction of sp³-hybridized carbons (Fsp3) is 0.333. The van der Waals surface area contributed by atoms with Crippen LogP contribution in [0.1, 0.15) is 60.1 Å². The number of nitrogens with zero attached hydrogens (tertiary/aromatic N) is 2. The molecule has 3 aromatic rings. The van der Waals surface area contributed by atoms with Gasteiger partial charge in [0.2, 0.25) is 5.91 Å². The molecule has 1 saturated carbocycles. The van der Waals surface area contributed by atoms with Crippen LogP contribution in [-0.4, -0.2) is 30.8 Å². The first-order valence-corrected chi connectivity index (χ1v) is 12.6. The largest absolute Gasteiger partial charge is 0.377 e. The molecule has 0 heterocycles. The molecule has 4 rings (SSSR count). The molecule has 1 fully saturated rings. The molecule has 6 heteroatoms. The van der Waals surface area contributed by atoms with Gasteiger partial charge in [-0.3, -0.25) is 9.59 Å². The fourth-order valence-corrected chi connectivity index (χ4v) is 4.90. The number of carbonyl (C=O) groups excluding carboxylic acids is 2. The summed E-state index contributed by atoms with van der Waals surface area (Å²) in [5, 5.41) is 3.09. The van der Waals surface area contributed by atoms with Crippen LogP contribution >= 0.6 is 0 Å². The van der Waals surface area contributed by atoms with Crippen molar-refractivity contribution in [2.24, 2.45) is 5.92 Å². The van der Waals surface area contributed by atoms with Crippen LogP contribution in [0.15, 0.2) is 72.8 Å². The number of hydrogen-bond acceptors (Lipinski definition) is 3. The third-order valence-corrected chi connectivity index (χ3v) is 7.00. The molecule has 0 bridgehead atoms. The minimum atomic E-state index is -0.380. The summed E-state index contributed by atoms with van der Waals surface area (Å²) < 4.78 is 13.6. The second kappa shape index (κ2) is 11.4. The minimum absolute atomic E-state index is 0.0629. The average molecular weight is 488 g/mol. The third kappa shape index (κ3) is 5.93. The van der Waals surface area contributed by atoms with E-state index in [0.29, 0.717) is 12.1 Å². The number of halogens is 1. The van der Waals surface area contributed by atoms with Gasteiger partial charge in [-0.15, -0.1) is 0 Å². The predicted octanol–water partition coefficient (Wildman–Crippen LogP) is 6.42. The van der Waals surface area contributed by atoms with E-state index < -0.39 is 0 Å².